The summed E-state index contributed by atoms with van der Waals surface area (Å²) in [6.07, 6.45) is 1.64. The van der Waals surface area contributed by atoms with E-state index < -0.39 is 6.04 Å². The Hall–Kier alpha value is -0.970. The van der Waals surface area contributed by atoms with E-state index in [0.717, 1.165) is 4.88 Å². The van der Waals surface area contributed by atoms with E-state index in [1.165, 1.54) is 17.4 Å². The zero-order valence-corrected chi connectivity index (χ0v) is 9.23. The van der Waals surface area contributed by atoms with Crippen molar-refractivity contribution in [1.29, 1.82) is 0 Å². The predicted molar refractivity (Wildman–Crippen MR) is 59.6 cm³/mol. The van der Waals surface area contributed by atoms with Gasteiger partial charge in [-0.3, -0.25) is 4.98 Å². The van der Waals surface area contributed by atoms with Gasteiger partial charge in [0.15, 0.2) is 0 Å². The van der Waals surface area contributed by atoms with E-state index in [0.29, 0.717) is 10.6 Å². The van der Waals surface area contributed by atoms with E-state index in [-0.39, 0.29) is 5.82 Å². The Morgan fingerprint density at radius 2 is 2.27 bits per heavy atom. The summed E-state index contributed by atoms with van der Waals surface area (Å²) in [6.45, 7) is 0. The fraction of sp³-hybridized carbons (Fsp3) is 0.100. The SMILES string of the molecule is NC(c1cncs1)c1ccc(Cl)cc1F. The van der Waals surface area contributed by atoms with Crippen LogP contribution in [-0.2, 0) is 0 Å². The van der Waals surface area contributed by atoms with Gasteiger partial charge in [-0.25, -0.2) is 4.39 Å². The highest BCUT2D eigenvalue weighted by Crippen LogP contribution is 2.26. The quantitative estimate of drug-likeness (QED) is 0.879. The number of nitrogens with zero attached hydrogens (tertiary/aromatic N) is 1. The lowest BCUT2D eigenvalue weighted by Gasteiger charge is -2.10. The summed E-state index contributed by atoms with van der Waals surface area (Å²) >= 11 is 7.06. The zero-order valence-electron chi connectivity index (χ0n) is 7.65. The summed E-state index contributed by atoms with van der Waals surface area (Å²) < 4.78 is 13.5. The van der Waals surface area contributed by atoms with Gasteiger partial charge >= 0.3 is 0 Å². The molecule has 0 aliphatic heterocycles. The first-order valence-electron chi connectivity index (χ1n) is 4.27. The van der Waals surface area contributed by atoms with Crippen LogP contribution in [0, 0.1) is 5.82 Å². The Kier molecular flexibility index (Phi) is 3.00. The highest BCUT2D eigenvalue weighted by molar-refractivity contribution is 7.09. The molecule has 0 bridgehead atoms. The van der Waals surface area contributed by atoms with Crippen molar-refractivity contribution in [2.45, 2.75) is 6.04 Å². The lowest BCUT2D eigenvalue weighted by atomic mass is 10.1. The first-order chi connectivity index (χ1) is 7.18. The van der Waals surface area contributed by atoms with Crippen molar-refractivity contribution in [1.82, 2.24) is 4.98 Å². The Balaban J connectivity index is 2.38. The van der Waals surface area contributed by atoms with Crippen molar-refractivity contribution >= 4 is 22.9 Å². The topological polar surface area (TPSA) is 38.9 Å². The van der Waals surface area contributed by atoms with E-state index in [1.54, 1.807) is 23.8 Å². The molecule has 2 aromatic rings. The third kappa shape index (κ3) is 2.17. The minimum atomic E-state index is -0.477. The number of benzene rings is 1. The van der Waals surface area contributed by atoms with E-state index in [2.05, 4.69) is 4.98 Å². The van der Waals surface area contributed by atoms with Crippen LogP contribution in [0.5, 0.6) is 0 Å². The smallest absolute Gasteiger partial charge is 0.129 e. The molecular formula is C10H8ClFN2S. The summed E-state index contributed by atoms with van der Waals surface area (Å²) in [4.78, 5) is 4.74. The number of nitrogens with two attached hydrogens (primary N) is 1. The fourth-order valence-electron chi connectivity index (χ4n) is 1.29. The third-order valence-corrected chi connectivity index (χ3v) is 3.15. The molecule has 78 valence electrons. The molecular weight excluding hydrogens is 235 g/mol. The van der Waals surface area contributed by atoms with Crippen molar-refractivity contribution in [3.8, 4) is 0 Å². The first kappa shape index (κ1) is 10.5. The molecule has 2 rings (SSSR count). The van der Waals surface area contributed by atoms with Crippen LogP contribution in [0.25, 0.3) is 0 Å². The third-order valence-electron chi connectivity index (χ3n) is 2.06. The van der Waals surface area contributed by atoms with Crippen molar-refractivity contribution in [2.24, 2.45) is 5.73 Å². The van der Waals surface area contributed by atoms with Crippen LogP contribution in [0.4, 0.5) is 4.39 Å². The van der Waals surface area contributed by atoms with E-state index in [1.807, 2.05) is 0 Å². The molecule has 1 heterocycles. The van der Waals surface area contributed by atoms with Gasteiger partial charge in [-0.2, -0.15) is 0 Å². The van der Waals surface area contributed by atoms with Crippen molar-refractivity contribution in [3.05, 3.63) is 51.2 Å². The molecule has 2 N–H and O–H groups in total. The van der Waals surface area contributed by atoms with E-state index >= 15 is 0 Å². The lowest BCUT2D eigenvalue weighted by molar-refractivity contribution is 0.601. The highest BCUT2D eigenvalue weighted by atomic mass is 35.5. The summed E-state index contributed by atoms with van der Waals surface area (Å²) in [5, 5.41) is 0.368. The molecule has 1 unspecified atom stereocenters. The van der Waals surface area contributed by atoms with Crippen LogP contribution < -0.4 is 5.73 Å². The zero-order chi connectivity index (χ0) is 10.8. The van der Waals surface area contributed by atoms with Gasteiger partial charge in [-0.1, -0.05) is 17.7 Å². The van der Waals surface area contributed by atoms with Crippen LogP contribution in [-0.4, -0.2) is 4.98 Å². The molecule has 2 nitrogen and oxygen atoms in total. The van der Waals surface area contributed by atoms with Crippen LogP contribution in [0.1, 0.15) is 16.5 Å². The second-order valence-electron chi connectivity index (χ2n) is 3.05. The fourth-order valence-corrected chi connectivity index (χ4v) is 2.08. The normalized spacial score (nSPS) is 12.7. The van der Waals surface area contributed by atoms with E-state index in [4.69, 9.17) is 17.3 Å². The first-order valence-corrected chi connectivity index (χ1v) is 5.53. The Morgan fingerprint density at radius 1 is 1.47 bits per heavy atom. The van der Waals surface area contributed by atoms with Gasteiger partial charge in [-0.05, 0) is 12.1 Å². The van der Waals surface area contributed by atoms with Gasteiger partial charge in [0.05, 0.1) is 11.6 Å². The standard InChI is InChI=1S/C10H8ClFN2S/c11-6-1-2-7(8(12)3-6)10(13)9-4-14-5-15-9/h1-5,10H,13H2. The number of aromatic nitrogens is 1. The van der Waals surface area contributed by atoms with Crippen molar-refractivity contribution in [2.75, 3.05) is 0 Å². The molecule has 5 heteroatoms. The van der Waals surface area contributed by atoms with Gasteiger partial charge in [0, 0.05) is 21.7 Å². The molecule has 0 radical (unpaired) electrons. The summed E-state index contributed by atoms with van der Waals surface area (Å²) in [6, 6.07) is 4.01. The second-order valence-corrected chi connectivity index (χ2v) is 4.40. The molecule has 15 heavy (non-hydrogen) atoms. The summed E-state index contributed by atoms with van der Waals surface area (Å²) in [5.74, 6) is -0.386. The average molecular weight is 243 g/mol. The second kappa shape index (κ2) is 4.26. The number of halogens is 2. The molecule has 0 aliphatic rings. The van der Waals surface area contributed by atoms with Gasteiger partial charge in [0.25, 0.3) is 0 Å². The molecule has 1 atom stereocenters. The van der Waals surface area contributed by atoms with Gasteiger partial charge in [0.1, 0.15) is 5.82 Å². The maximum atomic E-state index is 13.5. The number of hydrogen-bond acceptors (Lipinski definition) is 3. The molecule has 0 amide bonds. The van der Waals surface area contributed by atoms with Gasteiger partial charge in [-0.15, -0.1) is 11.3 Å². The van der Waals surface area contributed by atoms with E-state index in [9.17, 15) is 4.39 Å². The number of thiazole rings is 1. The predicted octanol–water partition coefficient (Wildman–Crippen LogP) is 2.98. The maximum Gasteiger partial charge on any atom is 0.129 e. The Bertz CT molecular complexity index is 458. The van der Waals surface area contributed by atoms with Gasteiger partial charge < -0.3 is 5.73 Å². The monoisotopic (exact) mass is 242 g/mol. The largest absolute Gasteiger partial charge is 0.319 e. The van der Waals surface area contributed by atoms with Crippen LogP contribution in [0.3, 0.4) is 0 Å². The van der Waals surface area contributed by atoms with Crippen LogP contribution in [0.15, 0.2) is 29.9 Å². The number of rotatable bonds is 2. The molecule has 0 fully saturated rings. The molecule has 0 saturated heterocycles. The Labute approximate surface area is 95.5 Å². The number of hydrogen-bond donors (Lipinski definition) is 1. The molecule has 1 aromatic carbocycles. The molecule has 0 spiro atoms. The average Bonchev–Trinajstić information content (AvgIpc) is 2.69. The van der Waals surface area contributed by atoms with Crippen molar-refractivity contribution < 1.29 is 4.39 Å². The lowest BCUT2D eigenvalue weighted by Crippen LogP contribution is -2.12. The highest BCUT2D eigenvalue weighted by Gasteiger charge is 2.14. The van der Waals surface area contributed by atoms with Crippen molar-refractivity contribution in [3.63, 3.8) is 0 Å². The Morgan fingerprint density at radius 3 is 2.87 bits per heavy atom. The minimum Gasteiger partial charge on any atom is -0.319 e. The minimum absolute atomic E-state index is 0.368. The van der Waals surface area contributed by atoms with Crippen LogP contribution >= 0.6 is 22.9 Å². The summed E-state index contributed by atoms with van der Waals surface area (Å²) in [5.41, 5.74) is 8.00. The molecule has 0 aliphatic carbocycles. The molecule has 1 aromatic heterocycles. The maximum absolute atomic E-state index is 13.5. The van der Waals surface area contributed by atoms with Gasteiger partial charge in [0.2, 0.25) is 0 Å². The molecule has 0 saturated carbocycles. The summed E-state index contributed by atoms with van der Waals surface area (Å²) in [7, 11) is 0. The van der Waals surface area contributed by atoms with Crippen LogP contribution in [0.2, 0.25) is 5.02 Å².